The van der Waals surface area contributed by atoms with Crippen LogP contribution < -0.4 is 0 Å². The van der Waals surface area contributed by atoms with Gasteiger partial charge in [-0.1, -0.05) is 26.7 Å². The summed E-state index contributed by atoms with van der Waals surface area (Å²) in [6.07, 6.45) is 3.38. The molecule has 0 rings (SSSR count). The molecule has 0 saturated heterocycles. The molecule has 66 valence electrons. The SMILES string of the molecule is CCCCC(C=C(F)F)CC. The lowest BCUT2D eigenvalue weighted by atomic mass is 10.00. The quantitative estimate of drug-likeness (QED) is 0.573. The molecule has 0 spiro atoms. The summed E-state index contributed by atoms with van der Waals surface area (Å²) in [5.74, 6) is 0.0833. The molecule has 0 N–H and O–H groups in total. The molecule has 1 atom stereocenters. The maximum atomic E-state index is 11.8. The van der Waals surface area contributed by atoms with Crippen molar-refractivity contribution in [1.29, 1.82) is 0 Å². The Balaban J connectivity index is 3.67. The van der Waals surface area contributed by atoms with Crippen LogP contribution in [0.3, 0.4) is 0 Å². The lowest BCUT2D eigenvalue weighted by Crippen LogP contribution is -1.93. The second-order valence-corrected chi connectivity index (χ2v) is 2.77. The van der Waals surface area contributed by atoms with Gasteiger partial charge >= 0.3 is 0 Å². The Morgan fingerprint density at radius 2 is 2.00 bits per heavy atom. The van der Waals surface area contributed by atoms with Crippen molar-refractivity contribution in [3.63, 3.8) is 0 Å². The van der Waals surface area contributed by atoms with Crippen LogP contribution in [-0.4, -0.2) is 0 Å². The van der Waals surface area contributed by atoms with E-state index in [2.05, 4.69) is 6.92 Å². The van der Waals surface area contributed by atoms with E-state index in [1.54, 1.807) is 0 Å². The van der Waals surface area contributed by atoms with Gasteiger partial charge in [0, 0.05) is 0 Å². The van der Waals surface area contributed by atoms with Crippen LogP contribution in [0.5, 0.6) is 0 Å². The number of hydrogen-bond acceptors (Lipinski definition) is 0. The smallest absolute Gasteiger partial charge is 0.174 e. The lowest BCUT2D eigenvalue weighted by Gasteiger charge is -2.06. The highest BCUT2D eigenvalue weighted by Gasteiger charge is 2.03. The Morgan fingerprint density at radius 1 is 1.36 bits per heavy atom. The molecule has 0 aliphatic rings. The fourth-order valence-electron chi connectivity index (χ4n) is 1.05. The highest BCUT2D eigenvalue weighted by atomic mass is 19.3. The van der Waals surface area contributed by atoms with E-state index in [1.807, 2.05) is 6.92 Å². The maximum Gasteiger partial charge on any atom is 0.266 e. The zero-order chi connectivity index (χ0) is 8.69. The van der Waals surface area contributed by atoms with E-state index in [4.69, 9.17) is 0 Å². The Morgan fingerprint density at radius 3 is 2.36 bits per heavy atom. The van der Waals surface area contributed by atoms with E-state index in [1.165, 1.54) is 0 Å². The van der Waals surface area contributed by atoms with Crippen LogP contribution in [0, 0.1) is 5.92 Å². The van der Waals surface area contributed by atoms with Crippen LogP contribution >= 0.6 is 0 Å². The molecular formula is C9H16F2. The van der Waals surface area contributed by atoms with Crippen molar-refractivity contribution in [3.05, 3.63) is 12.2 Å². The van der Waals surface area contributed by atoms with Crippen molar-refractivity contribution >= 4 is 0 Å². The monoisotopic (exact) mass is 162 g/mol. The molecule has 0 aromatic carbocycles. The first-order valence-electron chi connectivity index (χ1n) is 4.23. The van der Waals surface area contributed by atoms with Crippen molar-refractivity contribution in [2.75, 3.05) is 0 Å². The Bertz CT molecular complexity index is 115. The van der Waals surface area contributed by atoms with Gasteiger partial charge in [0.25, 0.3) is 6.08 Å². The van der Waals surface area contributed by atoms with E-state index in [0.29, 0.717) is 0 Å². The maximum absolute atomic E-state index is 11.8. The summed E-state index contributed by atoms with van der Waals surface area (Å²) in [6.45, 7) is 4.02. The third kappa shape index (κ3) is 6.02. The first kappa shape index (κ1) is 10.6. The van der Waals surface area contributed by atoms with Gasteiger partial charge in [-0.25, -0.2) is 0 Å². The van der Waals surface area contributed by atoms with Gasteiger partial charge in [-0.2, -0.15) is 8.78 Å². The molecule has 11 heavy (non-hydrogen) atoms. The van der Waals surface area contributed by atoms with Crippen LogP contribution in [0.4, 0.5) is 8.78 Å². The highest BCUT2D eigenvalue weighted by molar-refractivity contribution is 4.87. The number of allylic oxidation sites excluding steroid dienone is 1. The molecule has 1 unspecified atom stereocenters. The summed E-state index contributed by atoms with van der Waals surface area (Å²) < 4.78 is 23.5. The molecule has 0 aromatic heterocycles. The molecule has 0 aliphatic carbocycles. The first-order chi connectivity index (χ1) is 5.20. The third-order valence-corrected chi connectivity index (χ3v) is 1.81. The van der Waals surface area contributed by atoms with Gasteiger partial charge in [-0.3, -0.25) is 0 Å². The fraction of sp³-hybridized carbons (Fsp3) is 0.778. The molecule has 0 fully saturated rings. The zero-order valence-electron chi connectivity index (χ0n) is 7.24. The van der Waals surface area contributed by atoms with Crippen LogP contribution in [0.25, 0.3) is 0 Å². The van der Waals surface area contributed by atoms with Crippen molar-refractivity contribution in [1.82, 2.24) is 0 Å². The molecule has 0 nitrogen and oxygen atoms in total. The normalized spacial score (nSPS) is 12.7. The predicted molar refractivity (Wildman–Crippen MR) is 43.6 cm³/mol. The van der Waals surface area contributed by atoms with E-state index in [9.17, 15) is 8.78 Å². The Kier molecular flexibility index (Phi) is 6.09. The molecule has 0 amide bonds. The molecule has 0 aromatic rings. The highest BCUT2D eigenvalue weighted by Crippen LogP contribution is 2.16. The molecule has 0 aliphatic heterocycles. The van der Waals surface area contributed by atoms with Crippen LogP contribution in [0.2, 0.25) is 0 Å². The zero-order valence-corrected chi connectivity index (χ0v) is 7.24. The van der Waals surface area contributed by atoms with Gasteiger partial charge < -0.3 is 0 Å². The molecule has 0 radical (unpaired) electrons. The minimum Gasteiger partial charge on any atom is -0.174 e. The van der Waals surface area contributed by atoms with E-state index in [0.717, 1.165) is 31.8 Å². The average Bonchev–Trinajstić information content (AvgIpc) is 1.97. The summed E-state index contributed by atoms with van der Waals surface area (Å²) in [5, 5.41) is 0. The number of hydrogen-bond donors (Lipinski definition) is 0. The summed E-state index contributed by atoms with van der Waals surface area (Å²) in [7, 11) is 0. The summed E-state index contributed by atoms with van der Waals surface area (Å²) in [5.41, 5.74) is 0. The first-order valence-corrected chi connectivity index (χ1v) is 4.23. The number of halogens is 2. The number of unbranched alkanes of at least 4 members (excludes halogenated alkanes) is 1. The summed E-state index contributed by atoms with van der Waals surface area (Å²) in [6, 6.07) is 0. The van der Waals surface area contributed by atoms with Gasteiger partial charge in [-0.05, 0) is 24.8 Å². The van der Waals surface area contributed by atoms with Gasteiger partial charge in [0.15, 0.2) is 0 Å². The topological polar surface area (TPSA) is 0 Å². The van der Waals surface area contributed by atoms with Gasteiger partial charge in [0.1, 0.15) is 0 Å². The van der Waals surface area contributed by atoms with Crippen molar-refractivity contribution in [3.8, 4) is 0 Å². The molecule has 0 saturated carbocycles. The molecule has 0 bridgehead atoms. The van der Waals surface area contributed by atoms with Crippen LogP contribution in [0.1, 0.15) is 39.5 Å². The van der Waals surface area contributed by atoms with Crippen LogP contribution in [-0.2, 0) is 0 Å². The molecular weight excluding hydrogens is 146 g/mol. The Hall–Kier alpha value is -0.400. The molecule has 0 heterocycles. The van der Waals surface area contributed by atoms with Crippen molar-refractivity contribution in [2.45, 2.75) is 39.5 Å². The molecule has 2 heteroatoms. The second kappa shape index (κ2) is 6.32. The van der Waals surface area contributed by atoms with Crippen LogP contribution in [0.15, 0.2) is 12.2 Å². The minimum absolute atomic E-state index is 0.0833. The van der Waals surface area contributed by atoms with Gasteiger partial charge in [0.2, 0.25) is 0 Å². The van der Waals surface area contributed by atoms with E-state index < -0.39 is 6.08 Å². The van der Waals surface area contributed by atoms with Gasteiger partial charge in [-0.15, -0.1) is 0 Å². The average molecular weight is 162 g/mol. The Labute approximate surface area is 67.3 Å². The van der Waals surface area contributed by atoms with E-state index in [-0.39, 0.29) is 5.92 Å². The number of rotatable bonds is 5. The third-order valence-electron chi connectivity index (χ3n) is 1.81. The summed E-state index contributed by atoms with van der Waals surface area (Å²) >= 11 is 0. The van der Waals surface area contributed by atoms with Gasteiger partial charge in [0.05, 0.1) is 0 Å². The second-order valence-electron chi connectivity index (χ2n) is 2.77. The largest absolute Gasteiger partial charge is 0.266 e. The minimum atomic E-state index is -1.53. The van der Waals surface area contributed by atoms with Crippen molar-refractivity contribution in [2.24, 2.45) is 5.92 Å². The fourth-order valence-corrected chi connectivity index (χ4v) is 1.05. The van der Waals surface area contributed by atoms with Crippen molar-refractivity contribution < 1.29 is 8.78 Å². The standard InChI is InChI=1S/C9H16F2/c1-3-5-6-8(4-2)7-9(10)11/h7-8H,3-6H2,1-2H3. The van der Waals surface area contributed by atoms with E-state index >= 15 is 0 Å². The summed E-state index contributed by atoms with van der Waals surface area (Å²) in [4.78, 5) is 0. The predicted octanol–water partition coefficient (Wildman–Crippen LogP) is 3.98. The lowest BCUT2D eigenvalue weighted by molar-refractivity contribution is 0.401.